The average Bonchev–Trinajstić information content (AvgIpc) is 2.69. The molecule has 0 fully saturated rings. The summed E-state index contributed by atoms with van der Waals surface area (Å²) in [6, 6.07) is 15.1. The van der Waals surface area contributed by atoms with Gasteiger partial charge in [0, 0.05) is 11.6 Å². The largest absolute Gasteiger partial charge is 0.494 e. The van der Waals surface area contributed by atoms with Gasteiger partial charge in [-0.05, 0) is 49.6 Å². The summed E-state index contributed by atoms with van der Waals surface area (Å²) in [5.74, 6) is -0.565. The third kappa shape index (κ3) is 6.40. The van der Waals surface area contributed by atoms with Crippen LogP contribution in [-0.4, -0.2) is 35.7 Å². The van der Waals surface area contributed by atoms with Crippen LogP contribution in [0.15, 0.2) is 54.6 Å². The molecule has 5 N–H and O–H groups in total. The van der Waals surface area contributed by atoms with E-state index in [1.807, 2.05) is 18.2 Å². The summed E-state index contributed by atoms with van der Waals surface area (Å²) in [6.07, 6.45) is 1.82. The fourth-order valence-corrected chi connectivity index (χ4v) is 2.54. The van der Waals surface area contributed by atoms with Crippen molar-refractivity contribution in [1.29, 1.82) is 0 Å². The number of rotatable bonds is 9. The Kier molecular flexibility index (Phi) is 7.79. The molecular weight excluding hydrogens is 346 g/mol. The zero-order valence-corrected chi connectivity index (χ0v) is 15.2. The number of nitrogens with one attached hydrogen (secondary N) is 2. The van der Waals surface area contributed by atoms with Crippen LogP contribution in [-0.2, 0) is 11.2 Å². The highest BCUT2D eigenvalue weighted by atomic mass is 16.5. The lowest BCUT2D eigenvalue weighted by Gasteiger charge is -2.20. The Morgan fingerprint density at radius 3 is 2.37 bits per heavy atom. The Balaban J connectivity index is 1.83. The monoisotopic (exact) mass is 371 g/mol. The van der Waals surface area contributed by atoms with Crippen molar-refractivity contribution in [2.45, 2.75) is 31.8 Å². The second-order valence-electron chi connectivity index (χ2n) is 6.25. The van der Waals surface area contributed by atoms with Gasteiger partial charge in [-0.3, -0.25) is 14.8 Å². The van der Waals surface area contributed by atoms with Crippen molar-refractivity contribution in [2.75, 3.05) is 6.61 Å². The average molecular weight is 371 g/mol. The van der Waals surface area contributed by atoms with Gasteiger partial charge in [-0.1, -0.05) is 30.3 Å². The molecule has 0 bridgehead atoms. The number of aryl methyl sites for hydroxylation is 1. The van der Waals surface area contributed by atoms with Crippen LogP contribution >= 0.6 is 0 Å². The second-order valence-corrected chi connectivity index (χ2v) is 6.25. The molecular formula is C20H25N3O4. The van der Waals surface area contributed by atoms with E-state index < -0.39 is 23.9 Å². The summed E-state index contributed by atoms with van der Waals surface area (Å²) in [5.41, 5.74) is 8.80. The minimum Gasteiger partial charge on any atom is -0.494 e. The molecule has 0 radical (unpaired) electrons. The molecule has 0 heterocycles. The van der Waals surface area contributed by atoms with Crippen molar-refractivity contribution >= 4 is 11.8 Å². The molecule has 0 aliphatic carbocycles. The van der Waals surface area contributed by atoms with Gasteiger partial charge in [-0.2, -0.15) is 0 Å². The molecule has 2 atom stereocenters. The number of amides is 2. The Morgan fingerprint density at radius 2 is 1.78 bits per heavy atom. The standard InChI is InChI=1S/C20H25N3O4/c1-14(21)18(20(25)23-26)22-19(24)16-9-11-17(12-10-16)27-13-5-8-15-6-3-2-4-7-15/h2-4,6-7,9-12,14,18,26H,5,8,13,21H2,1H3,(H,22,24)(H,23,25)/t14-,18+/m1/s1. The fourth-order valence-electron chi connectivity index (χ4n) is 2.54. The van der Waals surface area contributed by atoms with Crippen LogP contribution in [0.2, 0.25) is 0 Å². The normalized spacial score (nSPS) is 12.7. The fraction of sp³-hybridized carbons (Fsp3) is 0.300. The lowest BCUT2D eigenvalue weighted by Crippen LogP contribution is -2.54. The molecule has 0 saturated carbocycles. The van der Waals surface area contributed by atoms with Gasteiger partial charge in [-0.25, -0.2) is 5.48 Å². The van der Waals surface area contributed by atoms with Crippen LogP contribution in [0, 0.1) is 0 Å². The molecule has 0 aromatic heterocycles. The van der Waals surface area contributed by atoms with Crippen LogP contribution in [0.5, 0.6) is 5.75 Å². The summed E-state index contributed by atoms with van der Waals surface area (Å²) in [6.45, 7) is 2.14. The number of ether oxygens (including phenoxy) is 1. The van der Waals surface area contributed by atoms with E-state index in [2.05, 4.69) is 17.4 Å². The first-order valence-corrected chi connectivity index (χ1v) is 8.78. The Bertz CT molecular complexity index is 733. The smallest absolute Gasteiger partial charge is 0.267 e. The van der Waals surface area contributed by atoms with Gasteiger partial charge in [0.2, 0.25) is 0 Å². The minimum absolute atomic E-state index is 0.364. The Hall–Kier alpha value is -2.90. The first-order valence-electron chi connectivity index (χ1n) is 8.78. The van der Waals surface area contributed by atoms with Crippen LogP contribution in [0.1, 0.15) is 29.3 Å². The van der Waals surface area contributed by atoms with Crippen molar-refractivity contribution in [2.24, 2.45) is 5.73 Å². The van der Waals surface area contributed by atoms with E-state index in [9.17, 15) is 9.59 Å². The predicted octanol–water partition coefficient (Wildman–Crippen LogP) is 1.65. The molecule has 0 unspecified atom stereocenters. The zero-order chi connectivity index (χ0) is 19.6. The lowest BCUT2D eigenvalue weighted by atomic mass is 10.1. The van der Waals surface area contributed by atoms with E-state index in [4.69, 9.17) is 15.7 Å². The summed E-state index contributed by atoms with van der Waals surface area (Å²) in [7, 11) is 0. The van der Waals surface area contributed by atoms with E-state index in [0.29, 0.717) is 17.9 Å². The Labute approximate surface area is 158 Å². The summed E-state index contributed by atoms with van der Waals surface area (Å²) in [4.78, 5) is 23.8. The molecule has 2 amide bonds. The highest BCUT2D eigenvalue weighted by Crippen LogP contribution is 2.13. The number of benzene rings is 2. The number of nitrogens with two attached hydrogens (primary N) is 1. The van der Waals surface area contributed by atoms with Gasteiger partial charge in [-0.15, -0.1) is 0 Å². The van der Waals surface area contributed by atoms with Gasteiger partial charge in [0.15, 0.2) is 0 Å². The maximum Gasteiger partial charge on any atom is 0.267 e. The molecule has 144 valence electrons. The van der Waals surface area contributed by atoms with Crippen molar-refractivity contribution in [1.82, 2.24) is 10.8 Å². The number of hydroxylamine groups is 1. The Morgan fingerprint density at radius 1 is 1.11 bits per heavy atom. The predicted molar refractivity (Wildman–Crippen MR) is 102 cm³/mol. The number of carbonyl (C=O) groups is 2. The molecule has 7 heteroatoms. The quantitative estimate of drug-likeness (QED) is 0.304. The summed E-state index contributed by atoms with van der Waals surface area (Å²) >= 11 is 0. The highest BCUT2D eigenvalue weighted by Gasteiger charge is 2.24. The molecule has 27 heavy (non-hydrogen) atoms. The number of hydrogen-bond donors (Lipinski definition) is 4. The molecule has 2 rings (SSSR count). The molecule has 0 aliphatic rings. The zero-order valence-electron chi connectivity index (χ0n) is 15.2. The van der Waals surface area contributed by atoms with E-state index in [1.54, 1.807) is 31.2 Å². The number of hydrogen-bond acceptors (Lipinski definition) is 5. The van der Waals surface area contributed by atoms with Gasteiger partial charge in [0.25, 0.3) is 11.8 Å². The van der Waals surface area contributed by atoms with Gasteiger partial charge >= 0.3 is 0 Å². The van der Waals surface area contributed by atoms with Crippen LogP contribution < -0.4 is 21.3 Å². The maximum absolute atomic E-state index is 12.2. The van der Waals surface area contributed by atoms with Crippen LogP contribution in [0.3, 0.4) is 0 Å². The lowest BCUT2D eigenvalue weighted by molar-refractivity contribution is -0.131. The van der Waals surface area contributed by atoms with Crippen molar-refractivity contribution in [3.05, 3.63) is 65.7 Å². The topological polar surface area (TPSA) is 114 Å². The first-order chi connectivity index (χ1) is 13.0. The second kappa shape index (κ2) is 10.3. The molecule has 0 spiro atoms. The van der Waals surface area contributed by atoms with Crippen LogP contribution in [0.25, 0.3) is 0 Å². The van der Waals surface area contributed by atoms with Crippen molar-refractivity contribution in [3.63, 3.8) is 0 Å². The summed E-state index contributed by atoms with van der Waals surface area (Å²) in [5, 5.41) is 11.2. The third-order valence-corrected chi connectivity index (χ3v) is 4.04. The SMILES string of the molecule is C[C@@H](N)[C@H](NC(=O)c1ccc(OCCCc2ccccc2)cc1)C(=O)NO. The van der Waals surface area contributed by atoms with Crippen molar-refractivity contribution < 1.29 is 19.5 Å². The van der Waals surface area contributed by atoms with Gasteiger partial charge in [0.05, 0.1) is 6.61 Å². The third-order valence-electron chi connectivity index (χ3n) is 4.04. The molecule has 7 nitrogen and oxygen atoms in total. The molecule has 0 saturated heterocycles. The molecule has 2 aromatic carbocycles. The first kappa shape index (κ1) is 20.4. The van der Waals surface area contributed by atoms with Gasteiger partial charge in [0.1, 0.15) is 11.8 Å². The van der Waals surface area contributed by atoms with E-state index in [-0.39, 0.29) is 0 Å². The van der Waals surface area contributed by atoms with E-state index in [0.717, 1.165) is 12.8 Å². The van der Waals surface area contributed by atoms with Crippen LogP contribution in [0.4, 0.5) is 0 Å². The van der Waals surface area contributed by atoms with Gasteiger partial charge < -0.3 is 15.8 Å². The highest BCUT2D eigenvalue weighted by molar-refractivity contribution is 5.97. The minimum atomic E-state index is -1.03. The van der Waals surface area contributed by atoms with Crippen molar-refractivity contribution in [3.8, 4) is 5.75 Å². The van der Waals surface area contributed by atoms with E-state index in [1.165, 1.54) is 11.0 Å². The van der Waals surface area contributed by atoms with E-state index >= 15 is 0 Å². The number of carbonyl (C=O) groups excluding carboxylic acids is 2. The summed E-state index contributed by atoms with van der Waals surface area (Å²) < 4.78 is 5.69. The molecule has 2 aromatic rings. The maximum atomic E-state index is 12.2. The molecule has 0 aliphatic heterocycles.